The quantitative estimate of drug-likeness (QED) is 0.877. The van der Waals surface area contributed by atoms with Gasteiger partial charge in [0.05, 0.1) is 6.10 Å². The molecule has 1 heterocycles. The molecule has 1 aliphatic rings. The monoisotopic (exact) mass is 298 g/mol. The van der Waals surface area contributed by atoms with Crippen molar-refractivity contribution in [1.29, 1.82) is 0 Å². The standard InChI is InChI=1S/C16H24F2N2O/c1-2-21-14-4-3-9-20(11-14)15(10-19)12-5-7-13(8-6-12)16(17)18/h5-8,14-16H,2-4,9-11,19H2,1H3. The molecule has 0 bridgehead atoms. The fourth-order valence-corrected chi connectivity index (χ4v) is 2.98. The van der Waals surface area contributed by atoms with Crippen LogP contribution in [0.25, 0.3) is 0 Å². The molecule has 2 unspecified atom stereocenters. The Hall–Kier alpha value is -1.04. The summed E-state index contributed by atoms with van der Waals surface area (Å²) in [6.45, 7) is 5.03. The van der Waals surface area contributed by atoms with Crippen molar-refractivity contribution in [2.24, 2.45) is 5.73 Å². The number of hydrogen-bond acceptors (Lipinski definition) is 3. The molecule has 0 aliphatic carbocycles. The van der Waals surface area contributed by atoms with Crippen LogP contribution < -0.4 is 5.73 Å². The highest BCUT2D eigenvalue weighted by Crippen LogP contribution is 2.27. The van der Waals surface area contributed by atoms with Gasteiger partial charge in [0, 0.05) is 31.3 Å². The lowest BCUT2D eigenvalue weighted by Gasteiger charge is -2.38. The zero-order chi connectivity index (χ0) is 15.2. The van der Waals surface area contributed by atoms with Gasteiger partial charge in [0.1, 0.15) is 0 Å². The van der Waals surface area contributed by atoms with E-state index in [0.29, 0.717) is 6.54 Å². The summed E-state index contributed by atoms with van der Waals surface area (Å²) in [6.07, 6.45) is -0.0202. The summed E-state index contributed by atoms with van der Waals surface area (Å²) < 4.78 is 31.0. The molecular weight excluding hydrogens is 274 g/mol. The van der Waals surface area contributed by atoms with Crippen molar-refractivity contribution in [3.63, 3.8) is 0 Å². The zero-order valence-electron chi connectivity index (χ0n) is 12.5. The minimum absolute atomic E-state index is 0.0559. The number of nitrogens with two attached hydrogens (primary N) is 1. The van der Waals surface area contributed by atoms with Gasteiger partial charge in [0.15, 0.2) is 0 Å². The van der Waals surface area contributed by atoms with Gasteiger partial charge in [-0.3, -0.25) is 4.90 Å². The Morgan fingerprint density at radius 3 is 2.52 bits per heavy atom. The Kier molecular flexibility index (Phi) is 6.08. The van der Waals surface area contributed by atoms with E-state index in [1.807, 2.05) is 6.92 Å². The second-order valence-electron chi connectivity index (χ2n) is 5.43. The van der Waals surface area contributed by atoms with E-state index >= 15 is 0 Å². The molecule has 0 aromatic heterocycles. The van der Waals surface area contributed by atoms with Crippen molar-refractivity contribution in [2.45, 2.75) is 38.3 Å². The summed E-state index contributed by atoms with van der Waals surface area (Å²) in [4.78, 5) is 2.31. The van der Waals surface area contributed by atoms with E-state index in [9.17, 15) is 8.78 Å². The van der Waals surface area contributed by atoms with Gasteiger partial charge >= 0.3 is 0 Å². The molecule has 0 spiro atoms. The van der Waals surface area contributed by atoms with E-state index in [2.05, 4.69) is 4.90 Å². The molecule has 5 heteroatoms. The Morgan fingerprint density at radius 1 is 1.29 bits per heavy atom. The molecule has 0 radical (unpaired) electrons. The average molecular weight is 298 g/mol. The summed E-state index contributed by atoms with van der Waals surface area (Å²) in [7, 11) is 0. The Labute approximate surface area is 125 Å². The third kappa shape index (κ3) is 4.22. The minimum Gasteiger partial charge on any atom is -0.377 e. The normalized spacial score (nSPS) is 21.7. The van der Waals surface area contributed by atoms with Crippen molar-refractivity contribution < 1.29 is 13.5 Å². The van der Waals surface area contributed by atoms with Crippen molar-refractivity contribution in [1.82, 2.24) is 4.90 Å². The second-order valence-corrected chi connectivity index (χ2v) is 5.43. The third-order valence-electron chi connectivity index (χ3n) is 4.05. The first-order chi connectivity index (χ1) is 10.2. The van der Waals surface area contributed by atoms with Crippen LogP contribution in [0.3, 0.4) is 0 Å². The topological polar surface area (TPSA) is 38.5 Å². The van der Waals surface area contributed by atoms with Gasteiger partial charge < -0.3 is 10.5 Å². The maximum atomic E-state index is 12.6. The van der Waals surface area contributed by atoms with Crippen molar-refractivity contribution >= 4 is 0 Å². The molecule has 21 heavy (non-hydrogen) atoms. The number of piperidine rings is 1. The molecule has 1 fully saturated rings. The first kappa shape index (κ1) is 16.3. The van der Waals surface area contributed by atoms with Crippen LogP contribution in [-0.2, 0) is 4.74 Å². The molecule has 118 valence electrons. The van der Waals surface area contributed by atoms with Gasteiger partial charge in [0.25, 0.3) is 6.43 Å². The van der Waals surface area contributed by atoms with Crippen LogP contribution in [0.15, 0.2) is 24.3 Å². The highest BCUT2D eigenvalue weighted by atomic mass is 19.3. The van der Waals surface area contributed by atoms with E-state index in [0.717, 1.165) is 38.1 Å². The average Bonchev–Trinajstić information content (AvgIpc) is 2.49. The van der Waals surface area contributed by atoms with Crippen LogP contribution in [-0.4, -0.2) is 37.2 Å². The van der Waals surface area contributed by atoms with Gasteiger partial charge in [-0.1, -0.05) is 24.3 Å². The molecule has 0 saturated carbocycles. The molecule has 0 amide bonds. The van der Waals surface area contributed by atoms with E-state index < -0.39 is 6.43 Å². The first-order valence-electron chi connectivity index (χ1n) is 7.59. The summed E-state index contributed by atoms with van der Waals surface area (Å²) in [5, 5.41) is 0. The molecule has 2 atom stereocenters. The number of ether oxygens (including phenoxy) is 1. The van der Waals surface area contributed by atoms with Crippen LogP contribution in [0.1, 0.15) is 43.4 Å². The SMILES string of the molecule is CCOC1CCCN(C(CN)c2ccc(C(F)F)cc2)C1. The van der Waals surface area contributed by atoms with E-state index in [4.69, 9.17) is 10.5 Å². The number of halogens is 2. The number of hydrogen-bond donors (Lipinski definition) is 1. The lowest BCUT2D eigenvalue weighted by Crippen LogP contribution is -2.44. The Bertz CT molecular complexity index is 423. The van der Waals surface area contributed by atoms with Crippen LogP contribution in [0, 0.1) is 0 Å². The molecule has 1 aliphatic heterocycles. The van der Waals surface area contributed by atoms with Crippen LogP contribution in [0.2, 0.25) is 0 Å². The Balaban J connectivity index is 2.07. The largest absolute Gasteiger partial charge is 0.377 e. The summed E-state index contributed by atoms with van der Waals surface area (Å²) in [5.41, 5.74) is 6.98. The van der Waals surface area contributed by atoms with Gasteiger partial charge in [-0.25, -0.2) is 8.78 Å². The van der Waals surface area contributed by atoms with Crippen LogP contribution >= 0.6 is 0 Å². The molecule has 1 aromatic carbocycles. The number of rotatable bonds is 6. The lowest BCUT2D eigenvalue weighted by atomic mass is 9.99. The smallest absolute Gasteiger partial charge is 0.263 e. The molecule has 3 nitrogen and oxygen atoms in total. The second kappa shape index (κ2) is 7.82. The molecule has 2 N–H and O–H groups in total. The maximum Gasteiger partial charge on any atom is 0.263 e. The molecule has 1 aromatic rings. The molecule has 1 saturated heterocycles. The van der Waals surface area contributed by atoms with Crippen LogP contribution in [0.4, 0.5) is 8.78 Å². The number of benzene rings is 1. The molecule has 2 rings (SSSR count). The van der Waals surface area contributed by atoms with E-state index in [1.165, 1.54) is 12.1 Å². The predicted octanol–water partition coefficient (Wildman–Crippen LogP) is 3.12. The van der Waals surface area contributed by atoms with Crippen molar-refractivity contribution in [2.75, 3.05) is 26.2 Å². The number of alkyl halides is 2. The van der Waals surface area contributed by atoms with Crippen molar-refractivity contribution in [3.05, 3.63) is 35.4 Å². The van der Waals surface area contributed by atoms with Gasteiger partial charge in [0.2, 0.25) is 0 Å². The van der Waals surface area contributed by atoms with E-state index in [1.54, 1.807) is 12.1 Å². The fourth-order valence-electron chi connectivity index (χ4n) is 2.98. The number of likely N-dealkylation sites (tertiary alicyclic amines) is 1. The van der Waals surface area contributed by atoms with Crippen molar-refractivity contribution in [3.8, 4) is 0 Å². The summed E-state index contributed by atoms with van der Waals surface area (Å²) in [6, 6.07) is 6.59. The van der Waals surface area contributed by atoms with Gasteiger partial charge in [-0.05, 0) is 31.9 Å². The predicted molar refractivity (Wildman–Crippen MR) is 79.4 cm³/mol. The molecular formula is C16H24F2N2O. The Morgan fingerprint density at radius 2 is 1.95 bits per heavy atom. The number of nitrogens with zero attached hydrogens (tertiary/aromatic N) is 1. The highest BCUT2D eigenvalue weighted by Gasteiger charge is 2.26. The maximum absolute atomic E-state index is 12.6. The minimum atomic E-state index is -2.42. The van der Waals surface area contributed by atoms with Gasteiger partial charge in [-0.2, -0.15) is 0 Å². The van der Waals surface area contributed by atoms with E-state index in [-0.39, 0.29) is 17.7 Å². The summed E-state index contributed by atoms with van der Waals surface area (Å²) >= 11 is 0. The lowest BCUT2D eigenvalue weighted by molar-refractivity contribution is -0.00660. The summed E-state index contributed by atoms with van der Waals surface area (Å²) in [5.74, 6) is 0. The van der Waals surface area contributed by atoms with Crippen LogP contribution in [0.5, 0.6) is 0 Å². The fraction of sp³-hybridized carbons (Fsp3) is 0.625. The zero-order valence-corrected chi connectivity index (χ0v) is 12.5. The van der Waals surface area contributed by atoms with Gasteiger partial charge in [-0.15, -0.1) is 0 Å². The highest BCUT2D eigenvalue weighted by molar-refractivity contribution is 5.26. The third-order valence-corrected chi connectivity index (χ3v) is 4.05. The first-order valence-corrected chi connectivity index (χ1v) is 7.59.